The van der Waals surface area contributed by atoms with Crippen LogP contribution in [0.4, 0.5) is 10.1 Å². The second-order valence-corrected chi connectivity index (χ2v) is 8.47. The number of rotatable bonds is 5. The van der Waals surface area contributed by atoms with Crippen LogP contribution in [0.1, 0.15) is 22.8 Å². The molecule has 0 radical (unpaired) electrons. The van der Waals surface area contributed by atoms with Crippen LogP contribution >= 0.6 is 11.6 Å². The van der Waals surface area contributed by atoms with Crippen molar-refractivity contribution in [3.05, 3.63) is 58.4 Å². The standard InChI is InChI=1S/C18H17ClFN3O2S/c1-3-23(2)11-21-14-8-9-15-16(17(14)19)18(24)22-26(15,25)10-12-4-6-13(20)7-5-12/h4-9,11H,3,10H2,1-2H3. The lowest BCUT2D eigenvalue weighted by atomic mass is 10.2. The smallest absolute Gasteiger partial charge is 0.288 e. The molecule has 1 unspecified atom stereocenters. The third-order valence-corrected chi connectivity index (χ3v) is 6.63. The molecule has 0 saturated carbocycles. The Morgan fingerprint density at radius 2 is 1.96 bits per heavy atom. The Balaban J connectivity index is 2.00. The van der Waals surface area contributed by atoms with Gasteiger partial charge in [0, 0.05) is 13.6 Å². The zero-order valence-corrected chi connectivity index (χ0v) is 15.9. The molecule has 136 valence electrons. The summed E-state index contributed by atoms with van der Waals surface area (Å²) in [6.45, 7) is 2.75. The molecule has 5 nitrogen and oxygen atoms in total. The van der Waals surface area contributed by atoms with E-state index >= 15 is 0 Å². The van der Waals surface area contributed by atoms with E-state index in [1.165, 1.54) is 24.3 Å². The Bertz CT molecular complexity index is 1010. The Hall–Kier alpha value is -2.25. The van der Waals surface area contributed by atoms with Crippen LogP contribution in [-0.4, -0.2) is 34.9 Å². The highest BCUT2D eigenvalue weighted by atomic mass is 35.5. The van der Waals surface area contributed by atoms with E-state index in [0.29, 0.717) is 16.1 Å². The highest BCUT2D eigenvalue weighted by Crippen LogP contribution is 2.39. The summed E-state index contributed by atoms with van der Waals surface area (Å²) in [7, 11) is -1.14. The molecule has 1 aliphatic heterocycles. The van der Waals surface area contributed by atoms with Crippen LogP contribution < -0.4 is 0 Å². The van der Waals surface area contributed by atoms with E-state index in [1.54, 1.807) is 18.5 Å². The number of halogens is 2. The third kappa shape index (κ3) is 3.50. The maximum atomic E-state index is 13.3. The van der Waals surface area contributed by atoms with Gasteiger partial charge in [-0.25, -0.2) is 13.6 Å². The van der Waals surface area contributed by atoms with Gasteiger partial charge in [-0.2, -0.15) is 4.36 Å². The van der Waals surface area contributed by atoms with Crippen molar-refractivity contribution >= 4 is 39.3 Å². The van der Waals surface area contributed by atoms with Crippen molar-refractivity contribution in [2.75, 3.05) is 13.6 Å². The van der Waals surface area contributed by atoms with Gasteiger partial charge in [0.1, 0.15) is 5.82 Å². The van der Waals surface area contributed by atoms with E-state index < -0.39 is 15.6 Å². The second kappa shape index (κ2) is 7.17. The Morgan fingerprint density at radius 1 is 1.27 bits per heavy atom. The van der Waals surface area contributed by atoms with E-state index in [9.17, 15) is 13.4 Å². The number of amides is 1. The van der Waals surface area contributed by atoms with Crippen molar-refractivity contribution in [2.45, 2.75) is 17.6 Å². The van der Waals surface area contributed by atoms with Crippen LogP contribution in [0.15, 0.2) is 50.6 Å². The number of nitrogens with zero attached hydrogens (tertiary/aromatic N) is 3. The molecule has 26 heavy (non-hydrogen) atoms. The van der Waals surface area contributed by atoms with Gasteiger partial charge in [-0.1, -0.05) is 23.7 Å². The van der Waals surface area contributed by atoms with Crippen LogP contribution in [0.25, 0.3) is 0 Å². The highest BCUT2D eigenvalue weighted by Gasteiger charge is 2.32. The molecule has 1 atom stereocenters. The number of benzene rings is 2. The summed E-state index contributed by atoms with van der Waals surface area (Å²) in [6.07, 6.45) is 1.61. The molecule has 1 heterocycles. The third-order valence-electron chi connectivity index (χ3n) is 4.04. The normalized spacial score (nSPS) is 18.8. The van der Waals surface area contributed by atoms with Crippen molar-refractivity contribution in [1.29, 1.82) is 0 Å². The predicted molar refractivity (Wildman–Crippen MR) is 101 cm³/mol. The number of aliphatic imine (C=N–C) groups is 1. The zero-order chi connectivity index (χ0) is 18.9. The van der Waals surface area contributed by atoms with Crippen LogP contribution in [0.5, 0.6) is 0 Å². The van der Waals surface area contributed by atoms with Gasteiger partial charge in [-0.3, -0.25) is 4.79 Å². The molecule has 2 aromatic rings. The molecule has 0 fully saturated rings. The maximum Gasteiger partial charge on any atom is 0.288 e. The quantitative estimate of drug-likeness (QED) is 0.563. The predicted octanol–water partition coefficient (Wildman–Crippen LogP) is 4.27. The molecule has 0 spiro atoms. The summed E-state index contributed by atoms with van der Waals surface area (Å²) in [4.78, 5) is 18.8. The van der Waals surface area contributed by atoms with Gasteiger partial charge in [-0.05, 0) is 36.8 Å². The van der Waals surface area contributed by atoms with E-state index in [4.69, 9.17) is 11.6 Å². The number of fused-ring (bicyclic) bond motifs is 1. The summed E-state index contributed by atoms with van der Waals surface area (Å²) in [5.41, 5.74) is 1.18. The summed E-state index contributed by atoms with van der Waals surface area (Å²) in [5.74, 6) is -0.979. The van der Waals surface area contributed by atoms with Crippen molar-refractivity contribution in [3.63, 3.8) is 0 Å². The first-order valence-corrected chi connectivity index (χ1v) is 10.0. The lowest BCUT2D eigenvalue weighted by Gasteiger charge is -2.10. The van der Waals surface area contributed by atoms with E-state index in [-0.39, 0.29) is 22.2 Å². The SMILES string of the molecule is CCN(C)C=Nc1ccc2c(c1Cl)C(=O)N=S2(=O)Cc1ccc(F)cc1. The minimum absolute atomic E-state index is 0.0174. The first-order valence-electron chi connectivity index (χ1n) is 7.94. The van der Waals surface area contributed by atoms with Crippen LogP contribution in [0, 0.1) is 5.82 Å². The molecular formula is C18H17ClFN3O2S. The Labute approximate surface area is 156 Å². The minimum atomic E-state index is -3.00. The van der Waals surface area contributed by atoms with Gasteiger partial charge in [0.2, 0.25) is 0 Å². The van der Waals surface area contributed by atoms with Crippen molar-refractivity contribution in [2.24, 2.45) is 9.36 Å². The summed E-state index contributed by atoms with van der Waals surface area (Å²) < 4.78 is 30.2. The van der Waals surface area contributed by atoms with Gasteiger partial charge in [0.25, 0.3) is 5.91 Å². The van der Waals surface area contributed by atoms with Gasteiger partial charge in [0.15, 0.2) is 0 Å². The van der Waals surface area contributed by atoms with Gasteiger partial charge < -0.3 is 4.90 Å². The summed E-state index contributed by atoms with van der Waals surface area (Å²) in [6, 6.07) is 8.83. The van der Waals surface area contributed by atoms with Crippen LogP contribution in [-0.2, 0) is 15.5 Å². The average molecular weight is 394 g/mol. The van der Waals surface area contributed by atoms with Crippen LogP contribution in [0.2, 0.25) is 5.02 Å². The van der Waals surface area contributed by atoms with E-state index in [1.807, 2.05) is 18.9 Å². The first kappa shape index (κ1) is 18.5. The molecule has 2 aromatic carbocycles. The van der Waals surface area contributed by atoms with Crippen molar-refractivity contribution < 1.29 is 13.4 Å². The summed E-state index contributed by atoms with van der Waals surface area (Å²) in [5, 5.41) is 0.140. The molecule has 3 rings (SSSR count). The average Bonchev–Trinajstić information content (AvgIpc) is 2.87. The molecular weight excluding hydrogens is 377 g/mol. The zero-order valence-electron chi connectivity index (χ0n) is 14.3. The summed E-state index contributed by atoms with van der Waals surface area (Å²) >= 11 is 6.34. The number of carbonyl (C=O) groups is 1. The fraction of sp³-hybridized carbons (Fsp3) is 0.222. The number of hydrogen-bond donors (Lipinski definition) is 0. The fourth-order valence-electron chi connectivity index (χ4n) is 2.50. The second-order valence-electron chi connectivity index (χ2n) is 5.90. The molecule has 1 amide bonds. The lowest BCUT2D eigenvalue weighted by Crippen LogP contribution is -2.14. The van der Waals surface area contributed by atoms with Gasteiger partial charge in [0.05, 0.1) is 43.0 Å². The van der Waals surface area contributed by atoms with Gasteiger partial charge >= 0.3 is 0 Å². The van der Waals surface area contributed by atoms with Crippen molar-refractivity contribution in [3.8, 4) is 0 Å². The molecule has 0 saturated heterocycles. The Morgan fingerprint density at radius 3 is 2.62 bits per heavy atom. The van der Waals surface area contributed by atoms with E-state index in [0.717, 1.165) is 6.54 Å². The molecule has 0 aliphatic carbocycles. The molecule has 8 heteroatoms. The molecule has 0 N–H and O–H groups in total. The fourth-order valence-corrected chi connectivity index (χ4v) is 4.96. The maximum absolute atomic E-state index is 13.3. The largest absolute Gasteiger partial charge is 0.366 e. The van der Waals surface area contributed by atoms with E-state index in [2.05, 4.69) is 9.36 Å². The molecule has 1 aliphatic rings. The number of hydrogen-bond acceptors (Lipinski definition) is 3. The monoisotopic (exact) mass is 393 g/mol. The number of carbonyl (C=O) groups excluding carboxylic acids is 1. The molecule has 0 bridgehead atoms. The first-order chi connectivity index (χ1) is 12.3. The Kier molecular flexibility index (Phi) is 5.11. The minimum Gasteiger partial charge on any atom is -0.366 e. The van der Waals surface area contributed by atoms with Crippen molar-refractivity contribution in [1.82, 2.24) is 4.90 Å². The van der Waals surface area contributed by atoms with Gasteiger partial charge in [-0.15, -0.1) is 0 Å². The highest BCUT2D eigenvalue weighted by molar-refractivity contribution is 7.93. The topological polar surface area (TPSA) is 62.1 Å². The van der Waals surface area contributed by atoms with Crippen LogP contribution in [0.3, 0.4) is 0 Å². The lowest BCUT2D eigenvalue weighted by molar-refractivity contribution is 0.101. The molecule has 0 aromatic heterocycles.